The van der Waals surface area contributed by atoms with E-state index in [0.717, 1.165) is 0 Å². The zero-order chi connectivity index (χ0) is 20.1. The predicted octanol–water partition coefficient (Wildman–Crippen LogP) is 1.60. The van der Waals surface area contributed by atoms with Crippen LogP contribution >= 0.6 is 0 Å². The topological polar surface area (TPSA) is 121 Å². The molecule has 2 aromatic carbocycles. The van der Waals surface area contributed by atoms with Gasteiger partial charge in [-0.05, 0) is 29.8 Å². The van der Waals surface area contributed by atoms with E-state index in [1.54, 1.807) is 42.5 Å². The molecule has 8 nitrogen and oxygen atoms in total. The number of para-hydroxylation sites is 1. The van der Waals surface area contributed by atoms with Crippen LogP contribution in [-0.2, 0) is 11.3 Å². The van der Waals surface area contributed by atoms with Crippen molar-refractivity contribution in [3.8, 4) is 11.5 Å². The van der Waals surface area contributed by atoms with Gasteiger partial charge in [0.05, 0.1) is 7.11 Å². The van der Waals surface area contributed by atoms with Gasteiger partial charge in [-0.25, -0.2) is 4.79 Å². The second kappa shape index (κ2) is 8.26. The highest BCUT2D eigenvalue weighted by Crippen LogP contribution is 2.28. The lowest BCUT2D eigenvalue weighted by Crippen LogP contribution is -2.27. The number of methoxy groups -OCH3 is 1. The predicted molar refractivity (Wildman–Crippen MR) is 101 cm³/mol. The maximum atomic E-state index is 12.4. The molecule has 0 fully saturated rings. The van der Waals surface area contributed by atoms with E-state index in [1.807, 2.05) is 0 Å². The van der Waals surface area contributed by atoms with Crippen molar-refractivity contribution in [1.82, 2.24) is 5.32 Å². The van der Waals surface area contributed by atoms with Crippen LogP contribution in [0, 0.1) is 0 Å². The van der Waals surface area contributed by atoms with Crippen molar-refractivity contribution in [2.75, 3.05) is 13.7 Å². The summed E-state index contributed by atoms with van der Waals surface area (Å²) in [5.41, 5.74) is 5.40. The first-order chi connectivity index (χ1) is 13.5. The highest BCUT2D eigenvalue weighted by atomic mass is 16.5. The number of hydrogen-bond donors (Lipinski definition) is 2. The van der Waals surface area contributed by atoms with Crippen molar-refractivity contribution in [3.63, 3.8) is 0 Å². The van der Waals surface area contributed by atoms with E-state index in [2.05, 4.69) is 5.32 Å². The van der Waals surface area contributed by atoms with E-state index in [9.17, 15) is 14.4 Å². The molecule has 3 rings (SSSR count). The van der Waals surface area contributed by atoms with Gasteiger partial charge in [-0.3, -0.25) is 9.59 Å². The maximum Gasteiger partial charge on any atom is 0.349 e. The van der Waals surface area contributed by atoms with Crippen molar-refractivity contribution < 1.29 is 23.5 Å². The Morgan fingerprint density at radius 2 is 1.89 bits per heavy atom. The van der Waals surface area contributed by atoms with Crippen molar-refractivity contribution >= 4 is 22.8 Å². The standard InChI is InChI=1S/C20H18N2O6/c1-26-17-8-12(6-7-16(17)27-11-18(21)23)10-22-19(24)14-9-13-4-2-3-5-15(13)28-20(14)25/h2-9H,10-11H2,1H3,(H2,21,23)(H,22,24). The maximum absolute atomic E-state index is 12.4. The van der Waals surface area contributed by atoms with Crippen molar-refractivity contribution in [2.45, 2.75) is 6.54 Å². The van der Waals surface area contributed by atoms with Gasteiger partial charge in [-0.1, -0.05) is 24.3 Å². The molecule has 0 saturated heterocycles. The van der Waals surface area contributed by atoms with E-state index < -0.39 is 17.4 Å². The molecule has 3 aromatic rings. The van der Waals surface area contributed by atoms with Gasteiger partial charge in [0, 0.05) is 11.9 Å². The number of fused-ring (bicyclic) bond motifs is 1. The Bertz CT molecular complexity index is 1090. The van der Waals surface area contributed by atoms with Gasteiger partial charge in [0.1, 0.15) is 11.1 Å². The van der Waals surface area contributed by atoms with Gasteiger partial charge in [0.2, 0.25) is 0 Å². The summed E-state index contributed by atoms with van der Waals surface area (Å²) in [5, 5.41) is 3.33. The molecule has 28 heavy (non-hydrogen) atoms. The zero-order valence-corrected chi connectivity index (χ0v) is 15.1. The molecule has 2 amide bonds. The molecule has 3 N–H and O–H groups in total. The number of nitrogens with two attached hydrogens (primary N) is 1. The minimum Gasteiger partial charge on any atom is -0.493 e. The van der Waals surface area contributed by atoms with Crippen LogP contribution in [0.1, 0.15) is 15.9 Å². The van der Waals surface area contributed by atoms with Gasteiger partial charge in [-0.2, -0.15) is 0 Å². The van der Waals surface area contributed by atoms with Crippen LogP contribution in [0.2, 0.25) is 0 Å². The number of amides is 2. The molecule has 8 heteroatoms. The van der Waals surface area contributed by atoms with Crippen molar-refractivity contribution in [2.24, 2.45) is 5.73 Å². The van der Waals surface area contributed by atoms with Crippen LogP contribution in [0.4, 0.5) is 0 Å². The summed E-state index contributed by atoms with van der Waals surface area (Å²) in [6.07, 6.45) is 0. The van der Waals surface area contributed by atoms with Gasteiger partial charge in [0.15, 0.2) is 18.1 Å². The van der Waals surface area contributed by atoms with Gasteiger partial charge < -0.3 is 24.9 Å². The summed E-state index contributed by atoms with van der Waals surface area (Å²) in [6, 6.07) is 13.4. The first-order valence-electron chi connectivity index (χ1n) is 8.37. The minimum absolute atomic E-state index is 0.0768. The second-order valence-electron chi connectivity index (χ2n) is 5.91. The van der Waals surface area contributed by atoms with Crippen LogP contribution in [0.5, 0.6) is 11.5 Å². The molecule has 144 valence electrons. The number of carbonyl (C=O) groups is 2. The Morgan fingerprint density at radius 1 is 1.11 bits per heavy atom. The number of ether oxygens (including phenoxy) is 2. The SMILES string of the molecule is COc1cc(CNC(=O)c2cc3ccccc3oc2=O)ccc1OCC(N)=O. The summed E-state index contributed by atoms with van der Waals surface area (Å²) >= 11 is 0. The molecule has 0 aliphatic heterocycles. The monoisotopic (exact) mass is 382 g/mol. The second-order valence-corrected chi connectivity index (χ2v) is 5.91. The molecular formula is C20H18N2O6. The number of rotatable bonds is 7. The van der Waals surface area contributed by atoms with Crippen LogP contribution in [0.15, 0.2) is 57.7 Å². The smallest absolute Gasteiger partial charge is 0.349 e. The van der Waals surface area contributed by atoms with Gasteiger partial charge in [0.25, 0.3) is 11.8 Å². The lowest BCUT2D eigenvalue weighted by molar-refractivity contribution is -0.119. The lowest BCUT2D eigenvalue weighted by Gasteiger charge is -2.11. The van der Waals surface area contributed by atoms with Gasteiger partial charge >= 0.3 is 5.63 Å². The highest BCUT2D eigenvalue weighted by molar-refractivity contribution is 5.96. The van der Waals surface area contributed by atoms with Crippen LogP contribution in [0.3, 0.4) is 0 Å². The van der Waals surface area contributed by atoms with E-state index >= 15 is 0 Å². The van der Waals surface area contributed by atoms with Crippen LogP contribution in [0.25, 0.3) is 11.0 Å². The number of benzene rings is 2. The molecule has 0 atom stereocenters. The summed E-state index contributed by atoms with van der Waals surface area (Å²) < 4.78 is 15.7. The molecule has 0 spiro atoms. The van der Waals surface area contributed by atoms with E-state index in [-0.39, 0.29) is 18.7 Å². The molecule has 0 radical (unpaired) electrons. The fourth-order valence-corrected chi connectivity index (χ4v) is 2.59. The Hall–Kier alpha value is -3.81. The summed E-state index contributed by atoms with van der Waals surface area (Å²) in [7, 11) is 1.45. The summed E-state index contributed by atoms with van der Waals surface area (Å²) in [5.74, 6) is -0.412. The van der Waals surface area contributed by atoms with Crippen LogP contribution < -0.4 is 26.1 Å². The third-order valence-electron chi connectivity index (χ3n) is 3.94. The first kappa shape index (κ1) is 19.0. The van der Waals surface area contributed by atoms with Crippen molar-refractivity contribution in [3.05, 3.63) is 70.1 Å². The summed E-state index contributed by atoms with van der Waals surface area (Å²) in [4.78, 5) is 35.3. The van der Waals surface area contributed by atoms with E-state index in [4.69, 9.17) is 19.6 Å². The third-order valence-corrected chi connectivity index (χ3v) is 3.94. The fraction of sp³-hybridized carbons (Fsp3) is 0.150. The molecule has 0 aliphatic rings. The Kier molecular flexibility index (Phi) is 5.59. The number of carbonyl (C=O) groups excluding carboxylic acids is 2. The van der Waals surface area contributed by atoms with E-state index in [0.29, 0.717) is 28.0 Å². The Morgan fingerprint density at radius 3 is 2.64 bits per heavy atom. The fourth-order valence-electron chi connectivity index (χ4n) is 2.59. The summed E-state index contributed by atoms with van der Waals surface area (Å²) in [6.45, 7) is -0.123. The molecule has 0 bridgehead atoms. The quantitative estimate of drug-likeness (QED) is 0.599. The molecule has 0 unspecified atom stereocenters. The molecule has 0 saturated carbocycles. The van der Waals surface area contributed by atoms with Crippen molar-refractivity contribution in [1.29, 1.82) is 0 Å². The lowest BCUT2D eigenvalue weighted by atomic mass is 10.1. The molecular weight excluding hydrogens is 364 g/mol. The highest BCUT2D eigenvalue weighted by Gasteiger charge is 2.14. The molecule has 1 aromatic heterocycles. The molecule has 0 aliphatic carbocycles. The Labute approximate surface area is 159 Å². The van der Waals surface area contributed by atoms with Crippen LogP contribution in [-0.4, -0.2) is 25.5 Å². The van der Waals surface area contributed by atoms with E-state index in [1.165, 1.54) is 13.2 Å². The Balaban J connectivity index is 1.73. The number of hydrogen-bond acceptors (Lipinski definition) is 6. The largest absolute Gasteiger partial charge is 0.493 e. The number of nitrogens with one attached hydrogen (secondary N) is 1. The first-order valence-corrected chi connectivity index (χ1v) is 8.37. The third kappa shape index (κ3) is 4.29. The average molecular weight is 382 g/mol. The van der Waals surface area contributed by atoms with Gasteiger partial charge in [-0.15, -0.1) is 0 Å². The molecule has 1 heterocycles. The zero-order valence-electron chi connectivity index (χ0n) is 15.1. The normalized spacial score (nSPS) is 10.5. The average Bonchev–Trinajstić information content (AvgIpc) is 2.70. The minimum atomic E-state index is -0.705. The number of primary amides is 1.